The maximum atomic E-state index is 14.3. The number of nitrogens with one attached hydrogen (secondary N) is 6. The van der Waals surface area contributed by atoms with Crippen LogP contribution in [0.2, 0.25) is 0 Å². The number of cyclic esters (lactones) is 1. The first-order valence-corrected chi connectivity index (χ1v) is 42.8. The molecule has 9 aromatic heterocycles. The molecule has 4 atom stereocenters. The van der Waals surface area contributed by atoms with E-state index in [-0.39, 0.29) is 83.5 Å². The van der Waals surface area contributed by atoms with Gasteiger partial charge in [0.25, 0.3) is 40.3 Å². The van der Waals surface area contributed by atoms with E-state index in [1.54, 1.807) is 116 Å². The summed E-state index contributed by atoms with van der Waals surface area (Å²) in [5.41, 5.74) is 8.94. The van der Waals surface area contributed by atoms with Gasteiger partial charge in [-0.05, 0) is 168 Å². The van der Waals surface area contributed by atoms with E-state index in [0.29, 0.717) is 160 Å². The topological polar surface area (TPSA) is 357 Å². The summed E-state index contributed by atoms with van der Waals surface area (Å²) in [5.74, 6) is 16.6. The Morgan fingerprint density at radius 3 is 1.18 bits per heavy atom. The maximum absolute atomic E-state index is 14.3. The Labute approximate surface area is 746 Å². The van der Waals surface area contributed by atoms with Crippen molar-refractivity contribution in [3.05, 3.63) is 330 Å². The molecular weight excluding hydrogens is 1640 g/mol. The van der Waals surface area contributed by atoms with Crippen LogP contribution in [0.25, 0.3) is 66.3 Å². The summed E-state index contributed by atoms with van der Waals surface area (Å²) in [6.45, 7) is 15.1. The second kappa shape index (κ2) is 40.2. The second-order valence-corrected chi connectivity index (χ2v) is 31.3. The number of para-hydroxylation sites is 3. The van der Waals surface area contributed by atoms with Gasteiger partial charge < -0.3 is 36.6 Å². The zero-order valence-corrected chi connectivity index (χ0v) is 72.3. The van der Waals surface area contributed by atoms with E-state index in [0.717, 1.165) is 25.7 Å². The van der Waals surface area contributed by atoms with Crippen LogP contribution in [0, 0.1) is 62.2 Å². The largest absolute Gasteiger partial charge is 0.452 e. The fourth-order valence-electron chi connectivity index (χ4n) is 16.2. The molecule has 652 valence electrons. The Balaban J connectivity index is 0.000000150. The number of nitrogens with zero attached hydrogens (tertiary/aromatic N) is 12. The van der Waals surface area contributed by atoms with Crippen molar-refractivity contribution >= 4 is 90.7 Å². The molecule has 0 unspecified atom stereocenters. The van der Waals surface area contributed by atoms with E-state index in [9.17, 15) is 47.9 Å². The minimum absolute atomic E-state index is 0.0547. The molecule has 2 fully saturated rings. The first-order valence-electron chi connectivity index (χ1n) is 42.8. The normalized spacial score (nSPS) is 13.6. The molecular formula is C101H92N18O11. The summed E-state index contributed by atoms with van der Waals surface area (Å²) >= 11 is 0. The first kappa shape index (κ1) is 88.4. The molecule has 1 saturated carbocycles. The van der Waals surface area contributed by atoms with Crippen LogP contribution in [-0.4, -0.2) is 125 Å². The smallest absolute Gasteiger partial charge is 0.306 e. The summed E-state index contributed by atoms with van der Waals surface area (Å²) < 4.78 is 14.5. The zero-order valence-electron chi connectivity index (χ0n) is 72.3. The number of hydrogen-bond acceptors (Lipinski definition) is 17. The first-order chi connectivity index (χ1) is 63.1. The predicted molar refractivity (Wildman–Crippen MR) is 494 cm³/mol. The Bertz CT molecular complexity index is 7340. The van der Waals surface area contributed by atoms with Crippen molar-refractivity contribution in [1.82, 2.24) is 89.4 Å². The number of pyridine rings is 3. The average molecular weight is 1730 g/mol. The molecule has 0 bridgehead atoms. The second-order valence-electron chi connectivity index (χ2n) is 31.3. The molecule has 6 amide bonds. The van der Waals surface area contributed by atoms with Crippen molar-refractivity contribution in [2.45, 2.75) is 124 Å². The van der Waals surface area contributed by atoms with Crippen LogP contribution in [0.5, 0.6) is 0 Å². The highest BCUT2D eigenvalue weighted by atomic mass is 16.6. The van der Waals surface area contributed by atoms with Crippen LogP contribution in [-0.2, 0) is 23.9 Å². The van der Waals surface area contributed by atoms with Crippen molar-refractivity contribution in [1.29, 1.82) is 0 Å². The maximum Gasteiger partial charge on any atom is 0.306 e. The van der Waals surface area contributed by atoms with E-state index in [1.165, 1.54) is 12.5 Å². The molecule has 2 aliphatic rings. The van der Waals surface area contributed by atoms with Gasteiger partial charge in [0.05, 0.1) is 57.9 Å². The van der Waals surface area contributed by atoms with Crippen LogP contribution in [0.15, 0.2) is 246 Å². The molecule has 0 radical (unpaired) electrons. The van der Waals surface area contributed by atoms with E-state index in [2.05, 4.69) is 104 Å². The number of benzene rings is 6. The molecule has 6 N–H and O–H groups in total. The van der Waals surface area contributed by atoms with E-state index < -0.39 is 24.2 Å². The number of carbonyl (C=O) groups excluding carboxylic acids is 7. The van der Waals surface area contributed by atoms with Crippen molar-refractivity contribution in [3.8, 4) is 52.6 Å². The number of carbonyl (C=O) groups is 7. The molecule has 10 heterocycles. The lowest BCUT2D eigenvalue weighted by Crippen LogP contribution is -2.34. The third kappa shape index (κ3) is 19.5. The Kier molecular flexibility index (Phi) is 27.3. The lowest BCUT2D eigenvalue weighted by molar-refractivity contribution is -0.148. The van der Waals surface area contributed by atoms with Crippen molar-refractivity contribution in [2.24, 2.45) is 5.92 Å². The minimum Gasteiger partial charge on any atom is -0.452 e. The van der Waals surface area contributed by atoms with Crippen LogP contribution in [0.3, 0.4) is 0 Å². The molecule has 1 saturated heterocycles. The lowest BCUT2D eigenvalue weighted by atomic mass is 9.89. The van der Waals surface area contributed by atoms with Crippen molar-refractivity contribution in [3.63, 3.8) is 0 Å². The molecule has 1 aliphatic carbocycles. The molecule has 17 rings (SSSR count). The number of aromatic nitrogens is 12. The van der Waals surface area contributed by atoms with Gasteiger partial charge in [0, 0.05) is 133 Å². The quantitative estimate of drug-likeness (QED) is 0.0179. The Morgan fingerprint density at radius 2 is 0.815 bits per heavy atom. The van der Waals surface area contributed by atoms with Gasteiger partial charge in [-0.25, -0.2) is 28.5 Å². The van der Waals surface area contributed by atoms with Gasteiger partial charge in [-0.1, -0.05) is 152 Å². The van der Waals surface area contributed by atoms with Gasteiger partial charge in [-0.15, -0.1) is 0 Å². The number of fused-ring (bicyclic) bond motifs is 6. The lowest BCUT2D eigenvalue weighted by Gasteiger charge is -2.21. The van der Waals surface area contributed by atoms with Gasteiger partial charge in [-0.2, -0.15) is 15.3 Å². The van der Waals surface area contributed by atoms with E-state index in [4.69, 9.17) is 4.74 Å². The standard InChI is InChI=1S/C35H34N6O3.C34H30N6O5.C32H28N6O3/c1-23(38-34(43)30-24(2)39-40-21-11-20-36-32(30)40)29-22-27-15-9-14-25(16-10-19-37-33(42)26-12-5-3-6-13-26)31(27)35(44)41(29)28-17-7-4-8-18-28;1-21(37-33(43)29-22(2)38-39-19-9-18-35-31(29)39)26-20-24-12-8-11-23(30(24)34(44)40(26)25-13-4-3-5-14-25)10-6-7-17-36-32(42)27-15-16-28(41)45-27;1-4-27(39)33-17-9-8-12-23-13-10-14-24-20-26(38(32(41)29(23)24)25-15-6-5-7-16-25)21(2)35-31(40)28-22(3)36-37-19-11-18-34-30(28)37/h4,7-9,11,14-15,17-18,20-23,26H,3,5-6,12-13,19H2,1-2H3,(H,37,42)(H,38,43);3-5,8-9,11-14,18-21,27H,7,15-17H2,1-2H3,(H,36,42)(H,37,43);4-7,10-11,13-16,18-21H,1,9,17H2,2-3H3,(H,33,39)(H,35,40)/t23-;21-,27+;21-/m000/s1. The van der Waals surface area contributed by atoms with Gasteiger partial charge in [0.2, 0.25) is 11.8 Å². The third-order valence-electron chi connectivity index (χ3n) is 22.5. The minimum atomic E-state index is -0.748. The molecule has 29 nitrogen and oxygen atoms in total. The molecule has 1 aliphatic heterocycles. The fourth-order valence-corrected chi connectivity index (χ4v) is 16.2. The Morgan fingerprint density at radius 1 is 0.446 bits per heavy atom. The summed E-state index contributed by atoms with van der Waals surface area (Å²) in [4.78, 5) is 144. The average Bonchev–Trinajstić information content (AvgIpc) is 1.01. The van der Waals surface area contributed by atoms with Crippen LogP contribution in [0.4, 0.5) is 0 Å². The number of hydrogen-bond donors (Lipinski definition) is 6. The van der Waals surface area contributed by atoms with Gasteiger partial charge in [-0.3, -0.25) is 61.6 Å². The van der Waals surface area contributed by atoms with Gasteiger partial charge in [0.15, 0.2) is 23.0 Å². The third-order valence-corrected chi connectivity index (χ3v) is 22.5. The number of aryl methyl sites for hydroxylation is 3. The number of amides is 6. The molecule has 0 spiro atoms. The monoisotopic (exact) mass is 1730 g/mol. The summed E-state index contributed by atoms with van der Waals surface area (Å²) in [6.07, 6.45) is 17.1. The predicted octanol–water partition coefficient (Wildman–Crippen LogP) is 12.2. The molecule has 29 heteroatoms. The number of esters is 1. The van der Waals surface area contributed by atoms with Gasteiger partial charge in [0.1, 0.15) is 16.7 Å². The van der Waals surface area contributed by atoms with Crippen LogP contribution < -0.4 is 48.6 Å². The summed E-state index contributed by atoms with van der Waals surface area (Å²) in [6, 6.07) is 53.7. The summed E-state index contributed by atoms with van der Waals surface area (Å²) in [5, 5.41) is 34.2. The zero-order chi connectivity index (χ0) is 91.1. The highest BCUT2D eigenvalue weighted by molar-refractivity contribution is 6.03. The summed E-state index contributed by atoms with van der Waals surface area (Å²) in [7, 11) is 0. The van der Waals surface area contributed by atoms with E-state index in [1.807, 2.05) is 172 Å². The van der Waals surface area contributed by atoms with Crippen molar-refractivity contribution < 1.29 is 38.3 Å². The number of ether oxygens (including phenoxy) is 1. The highest BCUT2D eigenvalue weighted by Crippen LogP contribution is 2.31. The van der Waals surface area contributed by atoms with Crippen LogP contribution >= 0.6 is 0 Å². The molecule has 6 aromatic carbocycles. The Hall–Kier alpha value is -16.5. The fraction of sp³-hybridized carbons (Fsp3) is 0.228. The van der Waals surface area contributed by atoms with Crippen molar-refractivity contribution in [2.75, 3.05) is 19.6 Å². The van der Waals surface area contributed by atoms with Gasteiger partial charge >= 0.3 is 5.97 Å². The van der Waals surface area contributed by atoms with Crippen LogP contribution in [0.1, 0.15) is 179 Å². The molecule has 15 aromatic rings. The SMILES string of the molecule is C=CC(=O)NCCC#Cc1cccc2cc([C@H](C)NC(=O)c3c(C)nn4cccnc34)n(-c3ccccc3)c(=O)c12.Cc1nn2cccnc2c1C(=O)N[C@@H](C)c1cc2cccc(C#CCCNC(=O)[C@H]3CCC(=O)O3)c2c(=O)n1-c1ccccc1.Cc1nn2cccnc2c1C(=O)N[C@@H](C)c1cc2cccc(C#CCNC(=O)C3CCCCC3)c2c(=O)n1-c1ccccc1. The van der Waals surface area contributed by atoms with E-state index >= 15 is 0 Å². The highest BCUT2D eigenvalue weighted by Gasteiger charge is 2.32. The molecule has 130 heavy (non-hydrogen) atoms. The number of rotatable bonds is 20.